The van der Waals surface area contributed by atoms with Crippen molar-refractivity contribution in [2.75, 3.05) is 0 Å². The highest BCUT2D eigenvalue weighted by Gasteiger charge is 2.51. The molecule has 4 aliphatic rings. The summed E-state index contributed by atoms with van der Waals surface area (Å²) in [6, 6.07) is 0. The highest BCUT2D eigenvalue weighted by atomic mass is 16.6. The standard InChI is InChI=1S/C15H24O2/c1-15(2,3)17-14(16)13-11-5-9-4-10(7-11)8-12(13)6-9/h9-13H,4-8H2,1-3H3. The number of rotatable bonds is 1. The van der Waals surface area contributed by atoms with Crippen LogP contribution in [0.4, 0.5) is 0 Å². The van der Waals surface area contributed by atoms with E-state index >= 15 is 0 Å². The third-order valence-electron chi connectivity index (χ3n) is 4.91. The van der Waals surface area contributed by atoms with E-state index in [9.17, 15) is 4.79 Å². The average molecular weight is 236 g/mol. The van der Waals surface area contributed by atoms with Gasteiger partial charge in [0.05, 0.1) is 5.92 Å². The molecule has 2 heteroatoms. The second kappa shape index (κ2) is 3.73. The molecule has 0 atom stereocenters. The quantitative estimate of drug-likeness (QED) is 0.652. The highest BCUT2D eigenvalue weighted by molar-refractivity contribution is 5.74. The Bertz CT molecular complexity index is 298. The van der Waals surface area contributed by atoms with Crippen molar-refractivity contribution in [1.82, 2.24) is 0 Å². The molecule has 17 heavy (non-hydrogen) atoms. The Labute approximate surface area is 104 Å². The molecule has 0 heterocycles. The number of hydrogen-bond acceptors (Lipinski definition) is 2. The zero-order chi connectivity index (χ0) is 12.2. The predicted octanol–water partition coefficient (Wildman–Crippen LogP) is 3.40. The zero-order valence-electron chi connectivity index (χ0n) is 11.2. The molecule has 0 N–H and O–H groups in total. The van der Waals surface area contributed by atoms with E-state index in [1.165, 1.54) is 32.1 Å². The summed E-state index contributed by atoms with van der Waals surface area (Å²) in [6.07, 6.45) is 6.59. The fourth-order valence-electron chi connectivity index (χ4n) is 4.68. The normalized spacial score (nSPS) is 43.8. The van der Waals surface area contributed by atoms with E-state index in [2.05, 4.69) is 0 Å². The fraction of sp³-hybridized carbons (Fsp3) is 0.933. The Morgan fingerprint density at radius 3 is 1.82 bits per heavy atom. The Kier molecular flexibility index (Phi) is 2.53. The molecule has 0 amide bonds. The van der Waals surface area contributed by atoms with Crippen LogP contribution in [0.15, 0.2) is 0 Å². The first kappa shape index (κ1) is 11.6. The molecular weight excluding hydrogens is 212 g/mol. The van der Waals surface area contributed by atoms with Crippen molar-refractivity contribution in [2.24, 2.45) is 29.6 Å². The largest absolute Gasteiger partial charge is 0.460 e. The molecule has 0 aliphatic heterocycles. The van der Waals surface area contributed by atoms with Crippen LogP contribution in [0.2, 0.25) is 0 Å². The lowest BCUT2D eigenvalue weighted by Crippen LogP contribution is -2.49. The summed E-state index contributed by atoms with van der Waals surface area (Å²) in [5, 5.41) is 0. The van der Waals surface area contributed by atoms with E-state index in [0.29, 0.717) is 11.8 Å². The lowest BCUT2D eigenvalue weighted by Gasteiger charge is -2.53. The van der Waals surface area contributed by atoms with Crippen LogP contribution in [-0.4, -0.2) is 11.6 Å². The van der Waals surface area contributed by atoms with E-state index in [1.54, 1.807) is 0 Å². The van der Waals surface area contributed by atoms with Crippen LogP contribution in [0.1, 0.15) is 52.9 Å². The monoisotopic (exact) mass is 236 g/mol. The number of carbonyl (C=O) groups is 1. The van der Waals surface area contributed by atoms with Crippen molar-refractivity contribution in [2.45, 2.75) is 58.5 Å². The topological polar surface area (TPSA) is 26.3 Å². The summed E-state index contributed by atoms with van der Waals surface area (Å²) >= 11 is 0. The average Bonchev–Trinajstić information content (AvgIpc) is 2.11. The van der Waals surface area contributed by atoms with Gasteiger partial charge in [0.15, 0.2) is 0 Å². The van der Waals surface area contributed by atoms with Gasteiger partial charge in [-0.05, 0) is 76.5 Å². The van der Waals surface area contributed by atoms with Gasteiger partial charge < -0.3 is 4.74 Å². The summed E-state index contributed by atoms with van der Waals surface area (Å²) in [4.78, 5) is 12.3. The van der Waals surface area contributed by atoms with Crippen molar-refractivity contribution < 1.29 is 9.53 Å². The van der Waals surface area contributed by atoms with Gasteiger partial charge in [0.25, 0.3) is 0 Å². The van der Waals surface area contributed by atoms with E-state index in [-0.39, 0.29) is 17.5 Å². The van der Waals surface area contributed by atoms with Gasteiger partial charge in [-0.15, -0.1) is 0 Å². The van der Waals surface area contributed by atoms with Crippen LogP contribution < -0.4 is 0 Å². The van der Waals surface area contributed by atoms with E-state index < -0.39 is 0 Å². The minimum atomic E-state index is -0.328. The van der Waals surface area contributed by atoms with E-state index in [0.717, 1.165) is 11.8 Å². The Morgan fingerprint density at radius 1 is 0.941 bits per heavy atom. The molecular formula is C15H24O2. The molecule has 0 aromatic carbocycles. The summed E-state index contributed by atoms with van der Waals surface area (Å²) in [5.41, 5.74) is -0.328. The third-order valence-corrected chi connectivity index (χ3v) is 4.91. The maximum atomic E-state index is 12.3. The molecule has 0 unspecified atom stereocenters. The van der Waals surface area contributed by atoms with Crippen molar-refractivity contribution >= 4 is 5.97 Å². The van der Waals surface area contributed by atoms with E-state index in [4.69, 9.17) is 4.74 Å². The molecule has 4 saturated carbocycles. The molecule has 4 rings (SSSR count). The zero-order valence-corrected chi connectivity index (χ0v) is 11.2. The van der Waals surface area contributed by atoms with Crippen molar-refractivity contribution in [1.29, 1.82) is 0 Å². The Hall–Kier alpha value is -0.530. The number of hydrogen-bond donors (Lipinski definition) is 0. The van der Waals surface area contributed by atoms with Crippen LogP contribution in [-0.2, 0) is 9.53 Å². The van der Waals surface area contributed by atoms with Gasteiger partial charge in [-0.3, -0.25) is 4.79 Å². The molecule has 4 fully saturated rings. The van der Waals surface area contributed by atoms with E-state index in [1.807, 2.05) is 20.8 Å². The minimum Gasteiger partial charge on any atom is -0.460 e. The van der Waals surface area contributed by atoms with Crippen LogP contribution >= 0.6 is 0 Å². The molecule has 0 aromatic rings. The predicted molar refractivity (Wildman–Crippen MR) is 66.4 cm³/mol. The van der Waals surface area contributed by atoms with Crippen LogP contribution in [0, 0.1) is 29.6 Å². The van der Waals surface area contributed by atoms with Gasteiger partial charge in [-0.1, -0.05) is 0 Å². The lowest BCUT2D eigenvalue weighted by atomic mass is 9.52. The van der Waals surface area contributed by atoms with Crippen LogP contribution in [0.3, 0.4) is 0 Å². The first-order valence-corrected chi connectivity index (χ1v) is 7.15. The van der Waals surface area contributed by atoms with Gasteiger partial charge in [0.2, 0.25) is 0 Å². The van der Waals surface area contributed by atoms with Crippen molar-refractivity contribution in [3.63, 3.8) is 0 Å². The maximum Gasteiger partial charge on any atom is 0.310 e. The van der Waals surface area contributed by atoms with Crippen molar-refractivity contribution in [3.8, 4) is 0 Å². The van der Waals surface area contributed by atoms with Gasteiger partial charge >= 0.3 is 5.97 Å². The SMILES string of the molecule is CC(C)(C)OC(=O)C1C2CC3CC(C2)CC1C3. The second-order valence-corrected chi connectivity index (χ2v) is 7.49. The first-order valence-electron chi connectivity index (χ1n) is 7.15. The summed E-state index contributed by atoms with van der Waals surface area (Å²) < 4.78 is 5.62. The van der Waals surface area contributed by atoms with Crippen LogP contribution in [0.25, 0.3) is 0 Å². The fourth-order valence-corrected chi connectivity index (χ4v) is 4.68. The Balaban J connectivity index is 1.73. The summed E-state index contributed by atoms with van der Waals surface area (Å²) in [5.74, 6) is 3.45. The number of ether oxygens (including phenoxy) is 1. The van der Waals surface area contributed by atoms with Gasteiger partial charge in [-0.2, -0.15) is 0 Å². The third kappa shape index (κ3) is 2.11. The molecule has 4 aliphatic carbocycles. The Morgan fingerprint density at radius 2 is 1.41 bits per heavy atom. The molecule has 0 spiro atoms. The minimum absolute atomic E-state index is 0.0892. The smallest absolute Gasteiger partial charge is 0.310 e. The molecule has 0 saturated heterocycles. The highest BCUT2D eigenvalue weighted by Crippen LogP contribution is 2.56. The van der Waals surface area contributed by atoms with Crippen LogP contribution in [0.5, 0.6) is 0 Å². The first-order chi connectivity index (χ1) is 7.92. The number of carbonyl (C=O) groups excluding carboxylic acids is 1. The van der Waals surface area contributed by atoms with Gasteiger partial charge in [-0.25, -0.2) is 0 Å². The maximum absolute atomic E-state index is 12.3. The molecule has 2 nitrogen and oxygen atoms in total. The lowest BCUT2D eigenvalue weighted by molar-refractivity contribution is -0.173. The second-order valence-electron chi connectivity index (χ2n) is 7.49. The molecule has 96 valence electrons. The van der Waals surface area contributed by atoms with Gasteiger partial charge in [0, 0.05) is 0 Å². The summed E-state index contributed by atoms with van der Waals surface area (Å²) in [7, 11) is 0. The van der Waals surface area contributed by atoms with Crippen molar-refractivity contribution in [3.05, 3.63) is 0 Å². The van der Waals surface area contributed by atoms with Gasteiger partial charge in [0.1, 0.15) is 5.60 Å². The molecule has 0 aromatic heterocycles. The molecule has 4 bridgehead atoms. The molecule has 0 radical (unpaired) electrons. The number of esters is 1. The summed E-state index contributed by atoms with van der Waals surface area (Å²) in [6.45, 7) is 5.92.